The molecule has 2 aromatic heterocycles. The van der Waals surface area contributed by atoms with Gasteiger partial charge in [0.05, 0.1) is 10.2 Å². The largest absolute Gasteiger partial charge is 0.436 e. The minimum atomic E-state index is 0.344. The molecule has 5 nitrogen and oxygen atoms in total. The number of benzene rings is 1. The highest BCUT2D eigenvalue weighted by Crippen LogP contribution is 2.32. The number of nitrogens with two attached hydrogens (primary N) is 1. The molecular formula is C15H15BrN4O. The Balaban J connectivity index is 2.06. The van der Waals surface area contributed by atoms with Gasteiger partial charge in [-0.05, 0) is 40.0 Å². The van der Waals surface area contributed by atoms with Gasteiger partial charge in [0, 0.05) is 24.1 Å². The van der Waals surface area contributed by atoms with Crippen molar-refractivity contribution >= 4 is 27.1 Å². The lowest BCUT2D eigenvalue weighted by Crippen LogP contribution is -1.95. The molecule has 1 aromatic carbocycles. The SMILES string of the molecule is CC(C)c1cc2c(Oc3cc(N)ccc3Br)nccn2n1. The molecule has 21 heavy (non-hydrogen) atoms. The van der Waals surface area contributed by atoms with E-state index in [1.807, 2.05) is 18.3 Å². The Kier molecular flexibility index (Phi) is 3.55. The quantitative estimate of drug-likeness (QED) is 0.728. The summed E-state index contributed by atoms with van der Waals surface area (Å²) in [7, 11) is 0. The Bertz CT molecular complexity index is 797. The molecule has 3 rings (SSSR count). The summed E-state index contributed by atoms with van der Waals surface area (Å²) in [6, 6.07) is 7.41. The number of nitrogen functional groups attached to an aromatic ring is 1. The predicted molar refractivity (Wildman–Crippen MR) is 85.7 cm³/mol. The molecule has 0 unspecified atom stereocenters. The molecular weight excluding hydrogens is 332 g/mol. The zero-order chi connectivity index (χ0) is 15.0. The highest BCUT2D eigenvalue weighted by Gasteiger charge is 2.12. The fourth-order valence-corrected chi connectivity index (χ4v) is 2.31. The van der Waals surface area contributed by atoms with E-state index in [1.54, 1.807) is 22.8 Å². The van der Waals surface area contributed by atoms with Crippen molar-refractivity contribution in [3.05, 3.63) is 46.8 Å². The van der Waals surface area contributed by atoms with Gasteiger partial charge >= 0.3 is 0 Å². The second-order valence-electron chi connectivity index (χ2n) is 5.08. The average Bonchev–Trinajstić information content (AvgIpc) is 2.88. The van der Waals surface area contributed by atoms with Crippen LogP contribution in [0.4, 0.5) is 5.69 Å². The number of ether oxygens (including phenoxy) is 1. The van der Waals surface area contributed by atoms with Crippen LogP contribution in [0.15, 0.2) is 41.1 Å². The second kappa shape index (κ2) is 5.37. The van der Waals surface area contributed by atoms with Gasteiger partial charge in [0.1, 0.15) is 11.3 Å². The highest BCUT2D eigenvalue weighted by molar-refractivity contribution is 9.10. The van der Waals surface area contributed by atoms with E-state index in [4.69, 9.17) is 10.5 Å². The summed E-state index contributed by atoms with van der Waals surface area (Å²) in [5, 5.41) is 4.51. The molecule has 108 valence electrons. The number of rotatable bonds is 3. The number of nitrogens with zero attached hydrogens (tertiary/aromatic N) is 3. The van der Waals surface area contributed by atoms with Crippen LogP contribution in [-0.4, -0.2) is 14.6 Å². The summed E-state index contributed by atoms with van der Waals surface area (Å²) in [4.78, 5) is 4.30. The van der Waals surface area contributed by atoms with Crippen LogP contribution in [0.25, 0.3) is 5.52 Å². The molecule has 0 amide bonds. The summed E-state index contributed by atoms with van der Waals surface area (Å²) in [6.07, 6.45) is 3.47. The average molecular weight is 347 g/mol. The Hall–Kier alpha value is -2.08. The molecule has 3 aromatic rings. The highest BCUT2D eigenvalue weighted by atomic mass is 79.9. The molecule has 0 radical (unpaired) electrons. The van der Waals surface area contributed by atoms with Crippen molar-refractivity contribution < 1.29 is 4.74 Å². The lowest BCUT2D eigenvalue weighted by atomic mass is 10.1. The number of hydrogen-bond acceptors (Lipinski definition) is 4. The number of halogens is 1. The zero-order valence-corrected chi connectivity index (χ0v) is 13.3. The first-order chi connectivity index (χ1) is 10.0. The number of hydrogen-bond donors (Lipinski definition) is 1. The summed E-state index contributed by atoms with van der Waals surface area (Å²) < 4.78 is 8.50. The summed E-state index contributed by atoms with van der Waals surface area (Å²) in [6.45, 7) is 4.20. The lowest BCUT2D eigenvalue weighted by Gasteiger charge is -2.08. The van der Waals surface area contributed by atoms with Gasteiger partial charge < -0.3 is 10.5 Å². The fourth-order valence-electron chi connectivity index (χ4n) is 1.98. The number of fused-ring (bicyclic) bond motifs is 1. The van der Waals surface area contributed by atoms with Gasteiger partial charge in [0.2, 0.25) is 5.88 Å². The monoisotopic (exact) mass is 346 g/mol. The summed E-state index contributed by atoms with van der Waals surface area (Å²) in [5.41, 5.74) is 8.26. The number of anilines is 1. The van der Waals surface area contributed by atoms with Crippen LogP contribution in [0, 0.1) is 0 Å². The second-order valence-corrected chi connectivity index (χ2v) is 5.93. The molecule has 0 bridgehead atoms. The van der Waals surface area contributed by atoms with E-state index >= 15 is 0 Å². The lowest BCUT2D eigenvalue weighted by molar-refractivity contribution is 0.463. The van der Waals surface area contributed by atoms with Crippen LogP contribution >= 0.6 is 15.9 Å². The fraction of sp³-hybridized carbons (Fsp3) is 0.200. The minimum absolute atomic E-state index is 0.344. The molecule has 0 saturated heterocycles. The van der Waals surface area contributed by atoms with Crippen molar-refractivity contribution in [2.75, 3.05) is 5.73 Å². The van der Waals surface area contributed by atoms with Gasteiger partial charge in [-0.1, -0.05) is 13.8 Å². The number of aromatic nitrogens is 3. The maximum atomic E-state index is 5.90. The van der Waals surface area contributed by atoms with Crippen molar-refractivity contribution in [3.63, 3.8) is 0 Å². The van der Waals surface area contributed by atoms with Crippen LogP contribution in [-0.2, 0) is 0 Å². The Morgan fingerprint density at radius 2 is 2.10 bits per heavy atom. The Labute approximate surface area is 130 Å². The molecule has 0 spiro atoms. The molecule has 0 aliphatic rings. The molecule has 0 aliphatic heterocycles. The van der Waals surface area contributed by atoms with Gasteiger partial charge in [0.15, 0.2) is 0 Å². The van der Waals surface area contributed by atoms with Crippen LogP contribution in [0.2, 0.25) is 0 Å². The first-order valence-corrected chi connectivity index (χ1v) is 7.41. The molecule has 0 saturated carbocycles. The van der Waals surface area contributed by atoms with E-state index in [-0.39, 0.29) is 0 Å². The maximum absolute atomic E-state index is 5.90. The Morgan fingerprint density at radius 1 is 1.29 bits per heavy atom. The molecule has 0 atom stereocenters. The maximum Gasteiger partial charge on any atom is 0.245 e. The van der Waals surface area contributed by atoms with Crippen LogP contribution in [0.5, 0.6) is 11.6 Å². The van der Waals surface area contributed by atoms with Crippen LogP contribution in [0.1, 0.15) is 25.5 Å². The first kappa shape index (κ1) is 13.9. The smallest absolute Gasteiger partial charge is 0.245 e. The van der Waals surface area contributed by atoms with Gasteiger partial charge in [-0.3, -0.25) is 0 Å². The van der Waals surface area contributed by atoms with Gasteiger partial charge in [-0.25, -0.2) is 9.50 Å². The van der Waals surface area contributed by atoms with E-state index in [0.29, 0.717) is 23.2 Å². The first-order valence-electron chi connectivity index (χ1n) is 6.62. The van der Waals surface area contributed by atoms with E-state index in [1.165, 1.54) is 0 Å². The minimum Gasteiger partial charge on any atom is -0.436 e. The van der Waals surface area contributed by atoms with Gasteiger partial charge in [-0.2, -0.15) is 5.10 Å². The van der Waals surface area contributed by atoms with Crippen molar-refractivity contribution in [2.24, 2.45) is 0 Å². The Morgan fingerprint density at radius 3 is 2.86 bits per heavy atom. The van der Waals surface area contributed by atoms with Crippen molar-refractivity contribution in [1.82, 2.24) is 14.6 Å². The molecule has 0 aliphatic carbocycles. The van der Waals surface area contributed by atoms with Gasteiger partial charge in [-0.15, -0.1) is 0 Å². The third-order valence-corrected chi connectivity index (χ3v) is 3.78. The van der Waals surface area contributed by atoms with Crippen LogP contribution < -0.4 is 10.5 Å². The molecule has 0 fully saturated rings. The predicted octanol–water partition coefficient (Wildman–Crippen LogP) is 3.99. The van der Waals surface area contributed by atoms with E-state index in [9.17, 15) is 0 Å². The van der Waals surface area contributed by atoms with Crippen LogP contribution in [0.3, 0.4) is 0 Å². The molecule has 6 heteroatoms. The summed E-state index contributed by atoms with van der Waals surface area (Å²) in [5.74, 6) is 1.47. The topological polar surface area (TPSA) is 65.4 Å². The standard InChI is InChI=1S/C15H15BrN4O/c1-9(2)12-8-13-15(18-5-6-20(13)19-12)21-14-7-10(17)3-4-11(14)16/h3-9H,17H2,1-2H3. The van der Waals surface area contributed by atoms with Gasteiger partial charge in [0.25, 0.3) is 0 Å². The molecule has 2 N–H and O–H groups in total. The van der Waals surface area contributed by atoms with E-state index in [0.717, 1.165) is 15.7 Å². The van der Waals surface area contributed by atoms with E-state index in [2.05, 4.69) is 39.9 Å². The normalized spacial score (nSPS) is 11.2. The molecule has 2 heterocycles. The van der Waals surface area contributed by atoms with Crippen molar-refractivity contribution in [2.45, 2.75) is 19.8 Å². The third kappa shape index (κ3) is 2.71. The van der Waals surface area contributed by atoms with E-state index < -0.39 is 0 Å². The van der Waals surface area contributed by atoms with Crippen molar-refractivity contribution in [1.29, 1.82) is 0 Å². The third-order valence-electron chi connectivity index (χ3n) is 3.13. The van der Waals surface area contributed by atoms with Crippen molar-refractivity contribution in [3.8, 4) is 11.6 Å². The summed E-state index contributed by atoms with van der Waals surface area (Å²) >= 11 is 3.45. The zero-order valence-electron chi connectivity index (χ0n) is 11.7.